The second kappa shape index (κ2) is 9.11. The minimum atomic E-state index is -3.60. The quantitative estimate of drug-likeness (QED) is 0.353. The van der Waals surface area contributed by atoms with Crippen LogP contribution < -0.4 is 15.4 Å². The molecule has 4 aromatic rings. The Morgan fingerprint density at radius 1 is 0.839 bits per heavy atom. The van der Waals surface area contributed by atoms with Crippen molar-refractivity contribution in [1.82, 2.24) is 15.0 Å². The fourth-order valence-electron chi connectivity index (χ4n) is 2.73. The van der Waals surface area contributed by atoms with Crippen LogP contribution in [0.1, 0.15) is 11.8 Å². The van der Waals surface area contributed by atoms with Crippen LogP contribution >= 0.6 is 11.3 Å². The van der Waals surface area contributed by atoms with Gasteiger partial charge in [0.25, 0.3) is 10.0 Å². The van der Waals surface area contributed by atoms with E-state index in [0.29, 0.717) is 27.4 Å². The van der Waals surface area contributed by atoms with Crippen LogP contribution in [0, 0.1) is 0 Å². The molecule has 1 aromatic carbocycles. The number of rotatable bonds is 8. The van der Waals surface area contributed by atoms with Crippen molar-refractivity contribution in [3.8, 4) is 0 Å². The van der Waals surface area contributed by atoms with Crippen LogP contribution in [0.5, 0.6) is 0 Å². The lowest BCUT2D eigenvalue weighted by atomic mass is 10.3. The zero-order valence-electron chi connectivity index (χ0n) is 16.6. The van der Waals surface area contributed by atoms with Crippen molar-refractivity contribution < 1.29 is 8.42 Å². The molecule has 158 valence electrons. The molecular formula is C21H20N6O2S2. The lowest BCUT2D eigenvalue weighted by Gasteiger charge is -2.10. The van der Waals surface area contributed by atoms with Gasteiger partial charge >= 0.3 is 0 Å². The van der Waals surface area contributed by atoms with Gasteiger partial charge in [-0.05, 0) is 55.0 Å². The van der Waals surface area contributed by atoms with E-state index in [-0.39, 0.29) is 0 Å². The fourth-order valence-corrected chi connectivity index (χ4v) is 5.08. The van der Waals surface area contributed by atoms with E-state index in [4.69, 9.17) is 0 Å². The van der Waals surface area contributed by atoms with Crippen molar-refractivity contribution in [3.05, 3.63) is 78.1 Å². The van der Waals surface area contributed by atoms with Gasteiger partial charge in [-0.2, -0.15) is 0 Å². The molecule has 3 heterocycles. The lowest BCUT2D eigenvalue weighted by molar-refractivity contribution is 0.603. The molecule has 0 unspecified atom stereocenters. The van der Waals surface area contributed by atoms with E-state index in [1.165, 1.54) is 17.7 Å². The number of aryl methyl sites for hydroxylation is 1. The number of pyridine rings is 1. The Morgan fingerprint density at radius 2 is 1.58 bits per heavy atom. The summed E-state index contributed by atoms with van der Waals surface area (Å²) >= 11 is 1.28. The van der Waals surface area contributed by atoms with Crippen molar-refractivity contribution in [2.75, 3.05) is 15.4 Å². The molecule has 0 atom stereocenters. The Labute approximate surface area is 184 Å². The summed E-state index contributed by atoms with van der Waals surface area (Å²) in [6, 6.07) is 17.7. The predicted octanol–water partition coefficient (Wildman–Crippen LogP) is 4.78. The van der Waals surface area contributed by atoms with Gasteiger partial charge in [0.05, 0.1) is 0 Å². The van der Waals surface area contributed by atoms with Crippen molar-refractivity contribution in [1.29, 1.82) is 0 Å². The molecule has 0 spiro atoms. The van der Waals surface area contributed by atoms with Crippen LogP contribution in [0.4, 0.5) is 28.8 Å². The summed E-state index contributed by atoms with van der Waals surface area (Å²) in [5.74, 6) is 1.87. The van der Waals surface area contributed by atoms with Crippen molar-refractivity contribution in [3.63, 3.8) is 0 Å². The molecule has 10 heteroatoms. The molecule has 31 heavy (non-hydrogen) atoms. The number of sulfonamides is 1. The van der Waals surface area contributed by atoms with Gasteiger partial charge in [0.15, 0.2) is 0 Å². The average Bonchev–Trinajstić information content (AvgIpc) is 3.27. The molecular weight excluding hydrogens is 432 g/mol. The molecule has 0 aliphatic rings. The summed E-state index contributed by atoms with van der Waals surface area (Å²) in [5, 5.41) is 6.28. The second-order valence-corrected chi connectivity index (χ2v) is 9.59. The minimum absolute atomic E-state index is 0.306. The number of hydrogen-bond acceptors (Lipinski definition) is 8. The second-order valence-electron chi connectivity index (χ2n) is 6.51. The highest BCUT2D eigenvalue weighted by Gasteiger charge is 2.16. The van der Waals surface area contributed by atoms with E-state index in [2.05, 4.69) is 30.3 Å². The number of nitrogens with zero attached hydrogens (tertiary/aromatic N) is 3. The molecule has 0 aliphatic carbocycles. The summed E-state index contributed by atoms with van der Waals surface area (Å²) < 4.78 is 28.0. The third-order valence-corrected chi connectivity index (χ3v) is 7.35. The summed E-state index contributed by atoms with van der Waals surface area (Å²) in [5.41, 5.74) is 1.24. The first kappa shape index (κ1) is 20.8. The summed E-state index contributed by atoms with van der Waals surface area (Å²) in [6.07, 6.45) is 3.95. The van der Waals surface area contributed by atoms with E-state index >= 15 is 0 Å². The highest BCUT2D eigenvalue weighted by Crippen LogP contribution is 2.25. The van der Waals surface area contributed by atoms with Gasteiger partial charge in [0, 0.05) is 28.5 Å². The monoisotopic (exact) mass is 452 g/mol. The van der Waals surface area contributed by atoms with E-state index in [0.717, 1.165) is 17.0 Å². The Hall–Kier alpha value is -3.50. The van der Waals surface area contributed by atoms with Gasteiger partial charge in [-0.1, -0.05) is 13.0 Å². The highest BCUT2D eigenvalue weighted by molar-refractivity contribution is 7.94. The maximum absolute atomic E-state index is 12.5. The van der Waals surface area contributed by atoms with E-state index < -0.39 is 10.0 Å². The molecule has 4 rings (SSSR count). The van der Waals surface area contributed by atoms with Crippen LogP contribution in [0.25, 0.3) is 0 Å². The number of nitrogens with one attached hydrogen (secondary N) is 3. The Bertz CT molecular complexity index is 1260. The van der Waals surface area contributed by atoms with E-state index in [1.54, 1.807) is 42.6 Å². The molecule has 0 saturated heterocycles. The van der Waals surface area contributed by atoms with Crippen LogP contribution in [-0.4, -0.2) is 23.4 Å². The predicted molar refractivity (Wildman–Crippen MR) is 124 cm³/mol. The third-order valence-electron chi connectivity index (χ3n) is 4.25. The Balaban J connectivity index is 1.42. The standard InChI is InChI=1S/C21H20N6O2S2/c1-2-17-10-11-21(30-17)31(28,29)27-16-8-6-15(7-9-16)25-19-13-20(24-14-23-19)26-18-5-3-4-12-22-18/h3-14,27H,2H2,1H3,(H2,22,23,24,25,26). The fraction of sp³-hybridized carbons (Fsp3) is 0.0952. The number of thiophene rings is 1. The van der Waals surface area contributed by atoms with E-state index in [1.807, 2.05) is 31.2 Å². The maximum atomic E-state index is 12.5. The van der Waals surface area contributed by atoms with Crippen molar-refractivity contribution in [2.24, 2.45) is 0 Å². The molecule has 0 aliphatic heterocycles. The molecule has 0 radical (unpaired) electrons. The van der Waals surface area contributed by atoms with Gasteiger partial charge in [-0.3, -0.25) is 4.72 Å². The van der Waals surface area contributed by atoms with Gasteiger partial charge in [0.2, 0.25) is 0 Å². The Morgan fingerprint density at radius 3 is 2.26 bits per heavy atom. The van der Waals surface area contributed by atoms with Crippen LogP contribution in [-0.2, 0) is 16.4 Å². The summed E-state index contributed by atoms with van der Waals surface area (Å²) in [6.45, 7) is 2.00. The zero-order valence-corrected chi connectivity index (χ0v) is 18.2. The van der Waals surface area contributed by atoms with Gasteiger partial charge in [0.1, 0.15) is 28.0 Å². The molecule has 3 N–H and O–H groups in total. The number of anilines is 5. The maximum Gasteiger partial charge on any atom is 0.271 e. The number of hydrogen-bond donors (Lipinski definition) is 3. The number of benzene rings is 1. The zero-order chi connectivity index (χ0) is 21.7. The van der Waals surface area contributed by atoms with Crippen molar-refractivity contribution in [2.45, 2.75) is 17.6 Å². The average molecular weight is 453 g/mol. The van der Waals surface area contributed by atoms with Crippen molar-refractivity contribution >= 4 is 50.2 Å². The lowest BCUT2D eigenvalue weighted by Crippen LogP contribution is -2.11. The SMILES string of the molecule is CCc1ccc(S(=O)(=O)Nc2ccc(Nc3cc(Nc4ccccn4)ncn3)cc2)s1. The summed E-state index contributed by atoms with van der Waals surface area (Å²) in [4.78, 5) is 13.6. The molecule has 0 saturated carbocycles. The Kier molecular flexibility index (Phi) is 6.10. The molecule has 0 bridgehead atoms. The van der Waals surface area contributed by atoms with Gasteiger partial charge < -0.3 is 10.6 Å². The molecule has 0 fully saturated rings. The van der Waals surface area contributed by atoms with Crippen LogP contribution in [0.3, 0.4) is 0 Å². The van der Waals surface area contributed by atoms with Gasteiger partial charge in [-0.15, -0.1) is 11.3 Å². The first-order valence-corrected chi connectivity index (χ1v) is 11.8. The summed E-state index contributed by atoms with van der Waals surface area (Å²) in [7, 11) is -3.60. The first-order chi connectivity index (χ1) is 15.0. The van der Waals surface area contributed by atoms with Gasteiger partial charge in [-0.25, -0.2) is 23.4 Å². The van der Waals surface area contributed by atoms with Crippen LogP contribution in [0.2, 0.25) is 0 Å². The molecule has 0 amide bonds. The first-order valence-electron chi connectivity index (χ1n) is 9.50. The highest BCUT2D eigenvalue weighted by atomic mass is 32.2. The molecule has 8 nitrogen and oxygen atoms in total. The number of aromatic nitrogens is 3. The normalized spacial score (nSPS) is 11.1. The smallest absolute Gasteiger partial charge is 0.271 e. The van der Waals surface area contributed by atoms with Crippen LogP contribution in [0.15, 0.2) is 77.4 Å². The molecule has 3 aromatic heterocycles. The third kappa shape index (κ3) is 5.36. The minimum Gasteiger partial charge on any atom is -0.340 e. The largest absolute Gasteiger partial charge is 0.340 e. The van der Waals surface area contributed by atoms with E-state index in [9.17, 15) is 8.42 Å². The topological polar surface area (TPSA) is 109 Å².